The highest BCUT2D eigenvalue weighted by atomic mass is 32.1. The van der Waals surface area contributed by atoms with Crippen molar-refractivity contribution in [3.63, 3.8) is 0 Å². The monoisotopic (exact) mass is 294 g/mol. The predicted molar refractivity (Wildman–Crippen MR) is 80.8 cm³/mol. The van der Waals surface area contributed by atoms with E-state index >= 15 is 0 Å². The minimum atomic E-state index is -0.355. The van der Waals surface area contributed by atoms with E-state index in [1.54, 1.807) is 23.5 Å². The Labute approximate surface area is 122 Å². The highest BCUT2D eigenvalue weighted by Crippen LogP contribution is 2.31. The van der Waals surface area contributed by atoms with Crippen LogP contribution in [0.15, 0.2) is 18.2 Å². The number of methoxy groups -OCH3 is 1. The molecule has 1 aromatic heterocycles. The SMILES string of the molecule is COc1cc(-c2nc(C)c(CNC(C)C)s2)ccc1F. The summed E-state index contributed by atoms with van der Waals surface area (Å²) in [7, 11) is 1.47. The molecule has 0 unspecified atom stereocenters. The number of hydrogen-bond donors (Lipinski definition) is 1. The summed E-state index contributed by atoms with van der Waals surface area (Å²) in [5.41, 5.74) is 1.90. The van der Waals surface area contributed by atoms with E-state index in [4.69, 9.17) is 4.74 Å². The first-order valence-corrected chi connectivity index (χ1v) is 7.36. The summed E-state index contributed by atoms with van der Waals surface area (Å²) in [6, 6.07) is 5.27. The highest BCUT2D eigenvalue weighted by molar-refractivity contribution is 7.15. The molecule has 2 aromatic rings. The van der Waals surface area contributed by atoms with Crippen LogP contribution in [0.2, 0.25) is 0 Å². The van der Waals surface area contributed by atoms with E-state index in [-0.39, 0.29) is 11.6 Å². The number of ether oxygens (including phenoxy) is 1. The fourth-order valence-corrected chi connectivity index (χ4v) is 2.81. The molecule has 0 fully saturated rings. The van der Waals surface area contributed by atoms with Crippen molar-refractivity contribution in [3.8, 4) is 16.3 Å². The highest BCUT2D eigenvalue weighted by Gasteiger charge is 2.12. The first-order chi connectivity index (χ1) is 9.51. The van der Waals surface area contributed by atoms with Crippen LogP contribution in [0, 0.1) is 12.7 Å². The number of nitrogens with zero attached hydrogens (tertiary/aromatic N) is 1. The minimum Gasteiger partial charge on any atom is -0.494 e. The second kappa shape index (κ2) is 6.33. The molecule has 0 saturated carbocycles. The molecule has 0 amide bonds. The van der Waals surface area contributed by atoms with Gasteiger partial charge in [-0.1, -0.05) is 13.8 Å². The molecule has 0 atom stereocenters. The Morgan fingerprint density at radius 3 is 2.80 bits per heavy atom. The van der Waals surface area contributed by atoms with Crippen molar-refractivity contribution in [1.29, 1.82) is 0 Å². The normalized spacial score (nSPS) is 11.1. The summed E-state index contributed by atoms with van der Waals surface area (Å²) in [6.45, 7) is 7.03. The molecule has 0 saturated heterocycles. The van der Waals surface area contributed by atoms with Crippen molar-refractivity contribution in [2.45, 2.75) is 33.4 Å². The molecular weight excluding hydrogens is 275 g/mol. The van der Waals surface area contributed by atoms with Gasteiger partial charge in [-0.25, -0.2) is 9.37 Å². The lowest BCUT2D eigenvalue weighted by atomic mass is 10.2. The van der Waals surface area contributed by atoms with Crippen LogP contribution in [0.25, 0.3) is 10.6 Å². The van der Waals surface area contributed by atoms with Crippen LogP contribution in [0.4, 0.5) is 4.39 Å². The fraction of sp³-hybridized carbons (Fsp3) is 0.400. The van der Waals surface area contributed by atoms with Crippen LogP contribution in [-0.2, 0) is 6.54 Å². The number of halogens is 1. The second-order valence-electron chi connectivity index (χ2n) is 4.91. The van der Waals surface area contributed by atoms with Gasteiger partial charge in [0, 0.05) is 23.0 Å². The first-order valence-electron chi connectivity index (χ1n) is 6.55. The van der Waals surface area contributed by atoms with Crippen LogP contribution in [-0.4, -0.2) is 18.1 Å². The third-order valence-electron chi connectivity index (χ3n) is 2.96. The number of nitrogens with one attached hydrogen (secondary N) is 1. The van der Waals surface area contributed by atoms with E-state index in [0.717, 1.165) is 22.8 Å². The minimum absolute atomic E-state index is 0.247. The molecule has 0 bridgehead atoms. The maximum atomic E-state index is 13.4. The van der Waals surface area contributed by atoms with Gasteiger partial charge in [-0.15, -0.1) is 11.3 Å². The van der Waals surface area contributed by atoms with Gasteiger partial charge in [0.15, 0.2) is 11.6 Å². The lowest BCUT2D eigenvalue weighted by Gasteiger charge is -2.06. The zero-order valence-electron chi connectivity index (χ0n) is 12.2. The van der Waals surface area contributed by atoms with Crippen LogP contribution < -0.4 is 10.1 Å². The molecular formula is C15H19FN2OS. The predicted octanol–water partition coefficient (Wildman–Crippen LogP) is 3.76. The van der Waals surface area contributed by atoms with Crippen molar-refractivity contribution in [2.75, 3.05) is 7.11 Å². The summed E-state index contributed by atoms with van der Waals surface area (Å²) in [5, 5.41) is 4.27. The third-order valence-corrected chi connectivity index (χ3v) is 4.17. The molecule has 3 nitrogen and oxygen atoms in total. The van der Waals surface area contributed by atoms with Gasteiger partial charge < -0.3 is 10.1 Å². The number of benzene rings is 1. The van der Waals surface area contributed by atoms with Gasteiger partial charge in [-0.05, 0) is 25.1 Å². The molecule has 0 spiro atoms. The van der Waals surface area contributed by atoms with Gasteiger partial charge in [0.25, 0.3) is 0 Å². The van der Waals surface area contributed by atoms with Crippen LogP contribution in [0.5, 0.6) is 5.75 Å². The molecule has 0 aliphatic carbocycles. The number of aromatic nitrogens is 1. The van der Waals surface area contributed by atoms with Gasteiger partial charge in [-0.3, -0.25) is 0 Å². The number of thiazole rings is 1. The zero-order chi connectivity index (χ0) is 14.7. The molecule has 0 radical (unpaired) electrons. The van der Waals surface area contributed by atoms with Gasteiger partial charge >= 0.3 is 0 Å². The molecule has 2 rings (SSSR count). The van der Waals surface area contributed by atoms with Crippen molar-refractivity contribution < 1.29 is 9.13 Å². The molecule has 1 N–H and O–H groups in total. The van der Waals surface area contributed by atoms with Crippen molar-refractivity contribution in [2.24, 2.45) is 0 Å². The number of hydrogen-bond acceptors (Lipinski definition) is 4. The second-order valence-corrected chi connectivity index (χ2v) is 6.00. The quantitative estimate of drug-likeness (QED) is 0.911. The number of aryl methyl sites for hydroxylation is 1. The standard InChI is InChI=1S/C15H19FN2OS/c1-9(2)17-8-14-10(3)18-15(20-14)11-5-6-12(16)13(7-11)19-4/h5-7,9,17H,8H2,1-4H3. The van der Waals surface area contributed by atoms with Crippen LogP contribution >= 0.6 is 11.3 Å². The van der Waals surface area contributed by atoms with E-state index in [1.165, 1.54) is 18.1 Å². The largest absolute Gasteiger partial charge is 0.494 e. The molecule has 0 aliphatic rings. The third kappa shape index (κ3) is 3.35. The first kappa shape index (κ1) is 14.9. The Morgan fingerprint density at radius 2 is 2.15 bits per heavy atom. The molecule has 1 heterocycles. The summed E-state index contributed by atoms with van der Waals surface area (Å²) in [5.74, 6) is -0.108. The van der Waals surface area contributed by atoms with Crippen molar-refractivity contribution >= 4 is 11.3 Å². The smallest absolute Gasteiger partial charge is 0.165 e. The Balaban J connectivity index is 2.27. The average Bonchev–Trinajstić information content (AvgIpc) is 2.78. The van der Waals surface area contributed by atoms with E-state index in [0.29, 0.717) is 6.04 Å². The summed E-state index contributed by atoms with van der Waals surface area (Å²) in [4.78, 5) is 5.77. The van der Waals surface area contributed by atoms with E-state index in [1.807, 2.05) is 6.92 Å². The van der Waals surface area contributed by atoms with E-state index in [2.05, 4.69) is 24.1 Å². The topological polar surface area (TPSA) is 34.1 Å². The molecule has 0 aliphatic heterocycles. The average molecular weight is 294 g/mol. The van der Waals surface area contributed by atoms with Gasteiger partial charge in [0.05, 0.1) is 12.8 Å². The van der Waals surface area contributed by atoms with Crippen molar-refractivity contribution in [3.05, 3.63) is 34.6 Å². The summed E-state index contributed by atoms with van der Waals surface area (Å²) in [6.07, 6.45) is 0. The Morgan fingerprint density at radius 1 is 1.40 bits per heavy atom. The molecule has 20 heavy (non-hydrogen) atoms. The Hall–Kier alpha value is -1.46. The van der Waals surface area contributed by atoms with Crippen LogP contribution in [0.1, 0.15) is 24.4 Å². The van der Waals surface area contributed by atoms with E-state index < -0.39 is 0 Å². The molecule has 1 aromatic carbocycles. The van der Waals surface area contributed by atoms with Gasteiger partial charge in [0.1, 0.15) is 5.01 Å². The molecule has 108 valence electrons. The maximum Gasteiger partial charge on any atom is 0.165 e. The lowest BCUT2D eigenvalue weighted by Crippen LogP contribution is -2.21. The molecule has 5 heteroatoms. The summed E-state index contributed by atoms with van der Waals surface area (Å²) < 4.78 is 18.4. The Kier molecular flexibility index (Phi) is 4.73. The number of rotatable bonds is 5. The maximum absolute atomic E-state index is 13.4. The van der Waals surface area contributed by atoms with Crippen molar-refractivity contribution in [1.82, 2.24) is 10.3 Å². The Bertz CT molecular complexity index is 596. The van der Waals surface area contributed by atoms with Crippen LogP contribution in [0.3, 0.4) is 0 Å². The zero-order valence-corrected chi connectivity index (χ0v) is 13.0. The van der Waals surface area contributed by atoms with E-state index in [9.17, 15) is 4.39 Å². The fourth-order valence-electron chi connectivity index (χ4n) is 1.81. The summed E-state index contributed by atoms with van der Waals surface area (Å²) >= 11 is 1.63. The van der Waals surface area contributed by atoms with Gasteiger partial charge in [-0.2, -0.15) is 0 Å². The lowest BCUT2D eigenvalue weighted by molar-refractivity contribution is 0.387. The van der Waals surface area contributed by atoms with Gasteiger partial charge in [0.2, 0.25) is 0 Å².